The van der Waals surface area contributed by atoms with E-state index in [1.54, 1.807) is 13.2 Å². The molecule has 1 aliphatic heterocycles. The summed E-state index contributed by atoms with van der Waals surface area (Å²) in [5, 5.41) is 2.90. The molecule has 5 nitrogen and oxygen atoms in total. The van der Waals surface area contributed by atoms with Crippen molar-refractivity contribution in [2.75, 3.05) is 20.3 Å². The summed E-state index contributed by atoms with van der Waals surface area (Å²) in [4.78, 5) is 12.2. The van der Waals surface area contributed by atoms with Crippen molar-refractivity contribution in [3.05, 3.63) is 24.3 Å². The molecular formula is C16H23NO4. The first-order valence-electron chi connectivity index (χ1n) is 7.43. The molecule has 1 fully saturated rings. The molecule has 0 bridgehead atoms. The van der Waals surface area contributed by atoms with E-state index >= 15 is 0 Å². The number of ether oxygens (including phenoxy) is 3. The Morgan fingerprint density at radius 2 is 2.29 bits per heavy atom. The summed E-state index contributed by atoms with van der Waals surface area (Å²) in [6.45, 7) is 3.27. The number of amides is 1. The third kappa shape index (κ3) is 4.63. The van der Waals surface area contributed by atoms with Gasteiger partial charge in [0, 0.05) is 19.2 Å². The maximum absolute atomic E-state index is 12.2. The highest BCUT2D eigenvalue weighted by atomic mass is 16.5. The van der Waals surface area contributed by atoms with Crippen LogP contribution in [0.5, 0.6) is 11.5 Å². The zero-order valence-corrected chi connectivity index (χ0v) is 12.6. The van der Waals surface area contributed by atoms with Gasteiger partial charge in [-0.2, -0.15) is 0 Å². The molecule has 1 aliphatic rings. The van der Waals surface area contributed by atoms with Crippen LogP contribution in [0, 0.1) is 0 Å². The molecule has 1 heterocycles. The Morgan fingerprint density at radius 1 is 1.48 bits per heavy atom. The van der Waals surface area contributed by atoms with Gasteiger partial charge in [0.2, 0.25) is 0 Å². The molecule has 0 radical (unpaired) electrons. The molecular weight excluding hydrogens is 270 g/mol. The molecule has 2 rings (SSSR count). The fourth-order valence-electron chi connectivity index (χ4n) is 2.29. The molecule has 21 heavy (non-hydrogen) atoms. The third-order valence-corrected chi connectivity index (χ3v) is 3.51. The molecule has 0 aromatic heterocycles. The van der Waals surface area contributed by atoms with Gasteiger partial charge in [0.1, 0.15) is 11.5 Å². The van der Waals surface area contributed by atoms with Crippen molar-refractivity contribution >= 4 is 5.91 Å². The number of methoxy groups -OCH3 is 1. The summed E-state index contributed by atoms with van der Waals surface area (Å²) in [7, 11) is 1.60. The van der Waals surface area contributed by atoms with E-state index in [1.807, 2.05) is 25.1 Å². The van der Waals surface area contributed by atoms with Gasteiger partial charge in [-0.05, 0) is 31.4 Å². The van der Waals surface area contributed by atoms with Crippen LogP contribution >= 0.6 is 0 Å². The lowest BCUT2D eigenvalue weighted by atomic mass is 10.2. The van der Waals surface area contributed by atoms with E-state index in [9.17, 15) is 4.79 Å². The Balaban J connectivity index is 1.86. The van der Waals surface area contributed by atoms with E-state index in [0.717, 1.165) is 19.4 Å². The van der Waals surface area contributed by atoms with Crippen molar-refractivity contribution in [1.82, 2.24) is 5.32 Å². The van der Waals surface area contributed by atoms with E-state index in [4.69, 9.17) is 14.2 Å². The Hall–Kier alpha value is -1.75. The fourth-order valence-corrected chi connectivity index (χ4v) is 2.29. The van der Waals surface area contributed by atoms with Crippen molar-refractivity contribution in [3.8, 4) is 11.5 Å². The number of hydrogen-bond donors (Lipinski definition) is 1. The van der Waals surface area contributed by atoms with Crippen LogP contribution in [-0.2, 0) is 9.53 Å². The van der Waals surface area contributed by atoms with Gasteiger partial charge in [-0.15, -0.1) is 0 Å². The van der Waals surface area contributed by atoms with Crippen LogP contribution in [0.3, 0.4) is 0 Å². The minimum absolute atomic E-state index is 0.101. The molecule has 116 valence electrons. The Bertz CT molecular complexity index is 457. The highest BCUT2D eigenvalue weighted by Gasteiger charge is 2.21. The zero-order valence-electron chi connectivity index (χ0n) is 12.6. The number of carbonyl (C=O) groups excluding carboxylic acids is 1. The number of rotatable bonds is 7. The lowest BCUT2D eigenvalue weighted by molar-refractivity contribution is -0.128. The maximum atomic E-state index is 12.2. The molecule has 0 unspecified atom stereocenters. The Kier molecular flexibility index (Phi) is 5.87. The zero-order chi connectivity index (χ0) is 15.1. The third-order valence-electron chi connectivity index (χ3n) is 3.51. The minimum Gasteiger partial charge on any atom is -0.497 e. The van der Waals surface area contributed by atoms with Crippen molar-refractivity contribution in [2.45, 2.75) is 38.4 Å². The molecule has 0 saturated carbocycles. The SMILES string of the molecule is CC[C@H](Oc1cccc(OC)c1)C(=O)NC[C@@H]1CCCO1. The number of benzene rings is 1. The van der Waals surface area contributed by atoms with Crippen molar-refractivity contribution < 1.29 is 19.0 Å². The summed E-state index contributed by atoms with van der Waals surface area (Å²) < 4.78 is 16.4. The molecule has 1 amide bonds. The molecule has 1 N–H and O–H groups in total. The van der Waals surface area contributed by atoms with Gasteiger partial charge < -0.3 is 19.5 Å². The van der Waals surface area contributed by atoms with Crippen LogP contribution in [0.1, 0.15) is 26.2 Å². The molecule has 1 aromatic carbocycles. The first kappa shape index (κ1) is 15.6. The average Bonchev–Trinajstić information content (AvgIpc) is 3.04. The average molecular weight is 293 g/mol. The molecule has 1 aromatic rings. The van der Waals surface area contributed by atoms with E-state index < -0.39 is 6.10 Å². The van der Waals surface area contributed by atoms with Crippen LogP contribution in [0.25, 0.3) is 0 Å². The Morgan fingerprint density at radius 3 is 2.95 bits per heavy atom. The summed E-state index contributed by atoms with van der Waals surface area (Å²) in [6.07, 6.45) is 2.32. The second-order valence-electron chi connectivity index (χ2n) is 5.07. The van der Waals surface area contributed by atoms with E-state index in [1.165, 1.54) is 0 Å². The summed E-state index contributed by atoms with van der Waals surface area (Å²) >= 11 is 0. The number of hydrogen-bond acceptors (Lipinski definition) is 4. The molecule has 0 aliphatic carbocycles. The van der Waals surface area contributed by atoms with Crippen LogP contribution < -0.4 is 14.8 Å². The predicted molar refractivity (Wildman–Crippen MR) is 79.7 cm³/mol. The molecule has 1 saturated heterocycles. The van der Waals surface area contributed by atoms with Gasteiger partial charge in [-0.1, -0.05) is 13.0 Å². The van der Waals surface area contributed by atoms with Gasteiger partial charge in [-0.3, -0.25) is 4.79 Å². The van der Waals surface area contributed by atoms with E-state index in [2.05, 4.69) is 5.32 Å². The highest BCUT2D eigenvalue weighted by Crippen LogP contribution is 2.20. The first-order valence-corrected chi connectivity index (χ1v) is 7.43. The van der Waals surface area contributed by atoms with Gasteiger partial charge in [0.15, 0.2) is 6.10 Å². The molecule has 2 atom stereocenters. The van der Waals surface area contributed by atoms with Crippen molar-refractivity contribution in [1.29, 1.82) is 0 Å². The van der Waals surface area contributed by atoms with Crippen LogP contribution in [0.4, 0.5) is 0 Å². The second kappa shape index (κ2) is 7.88. The highest BCUT2D eigenvalue weighted by molar-refractivity contribution is 5.81. The van der Waals surface area contributed by atoms with Crippen molar-refractivity contribution in [3.63, 3.8) is 0 Å². The first-order chi connectivity index (χ1) is 10.2. The summed E-state index contributed by atoms with van der Waals surface area (Å²) in [5.74, 6) is 1.24. The maximum Gasteiger partial charge on any atom is 0.261 e. The van der Waals surface area contributed by atoms with Gasteiger partial charge in [0.25, 0.3) is 5.91 Å². The van der Waals surface area contributed by atoms with Gasteiger partial charge >= 0.3 is 0 Å². The summed E-state index contributed by atoms with van der Waals surface area (Å²) in [6, 6.07) is 7.27. The van der Waals surface area contributed by atoms with Gasteiger partial charge in [-0.25, -0.2) is 0 Å². The van der Waals surface area contributed by atoms with E-state index in [-0.39, 0.29) is 12.0 Å². The molecule has 5 heteroatoms. The molecule has 0 spiro atoms. The lowest BCUT2D eigenvalue weighted by Gasteiger charge is -2.19. The van der Waals surface area contributed by atoms with Crippen LogP contribution in [0.15, 0.2) is 24.3 Å². The number of nitrogens with one attached hydrogen (secondary N) is 1. The second-order valence-corrected chi connectivity index (χ2v) is 5.07. The van der Waals surface area contributed by atoms with Crippen LogP contribution in [0.2, 0.25) is 0 Å². The Labute approximate surface area is 125 Å². The lowest BCUT2D eigenvalue weighted by Crippen LogP contribution is -2.41. The van der Waals surface area contributed by atoms with E-state index in [0.29, 0.717) is 24.5 Å². The normalized spacial score (nSPS) is 19.0. The topological polar surface area (TPSA) is 56.8 Å². The van der Waals surface area contributed by atoms with Gasteiger partial charge in [0.05, 0.1) is 13.2 Å². The predicted octanol–water partition coefficient (Wildman–Crippen LogP) is 2.15. The standard InChI is InChI=1S/C16H23NO4/c1-3-15(16(18)17-11-14-8-5-9-20-14)21-13-7-4-6-12(10-13)19-2/h4,6-7,10,14-15H,3,5,8-9,11H2,1-2H3,(H,17,18)/t14-,15-/m0/s1. The minimum atomic E-state index is -0.501. The summed E-state index contributed by atoms with van der Waals surface area (Å²) in [5.41, 5.74) is 0. The monoisotopic (exact) mass is 293 g/mol. The number of carbonyl (C=O) groups is 1. The van der Waals surface area contributed by atoms with Crippen LogP contribution in [-0.4, -0.2) is 38.4 Å². The largest absolute Gasteiger partial charge is 0.497 e. The quantitative estimate of drug-likeness (QED) is 0.837. The smallest absolute Gasteiger partial charge is 0.261 e. The fraction of sp³-hybridized carbons (Fsp3) is 0.562. The van der Waals surface area contributed by atoms with Crippen molar-refractivity contribution in [2.24, 2.45) is 0 Å².